The molecule has 31 heavy (non-hydrogen) atoms. The summed E-state index contributed by atoms with van der Waals surface area (Å²) in [4.78, 5) is 22.0. The normalized spacial score (nSPS) is 16.2. The van der Waals surface area contributed by atoms with Crippen LogP contribution < -0.4 is 19.7 Å². The van der Waals surface area contributed by atoms with Crippen molar-refractivity contribution in [3.8, 4) is 11.5 Å². The summed E-state index contributed by atoms with van der Waals surface area (Å²) < 4.78 is 10.6. The molecule has 3 aromatic rings. The number of ether oxygens (including phenoxy) is 2. The van der Waals surface area contributed by atoms with E-state index in [9.17, 15) is 4.79 Å². The van der Waals surface area contributed by atoms with Gasteiger partial charge in [0.25, 0.3) is 5.91 Å². The molecule has 7 nitrogen and oxygen atoms in total. The first-order chi connectivity index (χ1) is 15.2. The number of hydrogen-bond donors (Lipinski definition) is 1. The van der Waals surface area contributed by atoms with Gasteiger partial charge in [0.2, 0.25) is 6.79 Å². The highest BCUT2D eigenvalue weighted by Crippen LogP contribution is 2.32. The van der Waals surface area contributed by atoms with Crippen LogP contribution in [0, 0.1) is 0 Å². The Morgan fingerprint density at radius 1 is 1.06 bits per heavy atom. The van der Waals surface area contributed by atoms with Crippen LogP contribution in [0.5, 0.6) is 11.5 Å². The number of carbonyl (C=O) groups excluding carboxylic acids is 1. The van der Waals surface area contributed by atoms with E-state index >= 15 is 0 Å². The zero-order chi connectivity index (χ0) is 21.0. The topological polar surface area (TPSA) is 66.9 Å². The van der Waals surface area contributed by atoms with E-state index in [-0.39, 0.29) is 12.7 Å². The minimum absolute atomic E-state index is 0.189. The average Bonchev–Trinajstić information content (AvgIpc) is 3.42. The molecule has 1 aromatic carbocycles. The smallest absolute Gasteiger partial charge is 0.255 e. The van der Waals surface area contributed by atoms with Gasteiger partial charge in [0.05, 0.1) is 11.9 Å². The number of rotatable bonds is 5. The summed E-state index contributed by atoms with van der Waals surface area (Å²) in [6.45, 7) is 5.23. The largest absolute Gasteiger partial charge is 0.454 e. The van der Waals surface area contributed by atoms with Crippen LogP contribution in [0.2, 0.25) is 0 Å². The van der Waals surface area contributed by atoms with Crippen LogP contribution in [0.25, 0.3) is 0 Å². The fraction of sp³-hybridized carbons (Fsp3) is 0.304. The first kappa shape index (κ1) is 19.8. The highest BCUT2D eigenvalue weighted by molar-refractivity contribution is 7.07. The monoisotopic (exact) mass is 436 g/mol. The quantitative estimate of drug-likeness (QED) is 0.656. The van der Waals surface area contributed by atoms with Gasteiger partial charge >= 0.3 is 0 Å². The van der Waals surface area contributed by atoms with E-state index in [0.717, 1.165) is 45.0 Å². The second-order valence-electron chi connectivity index (χ2n) is 7.68. The van der Waals surface area contributed by atoms with Crippen LogP contribution in [0.4, 0.5) is 11.5 Å². The van der Waals surface area contributed by atoms with E-state index in [1.54, 1.807) is 35.7 Å². The Balaban J connectivity index is 1.18. The SMILES string of the molecule is O=C(Nc1ccc(N2CCCN(Cc3ccsc3)CC2)nc1)c1ccc2c(c1)OCO2. The maximum absolute atomic E-state index is 12.6. The predicted octanol–water partition coefficient (Wildman–Crippen LogP) is 3.84. The second kappa shape index (κ2) is 8.95. The van der Waals surface area contributed by atoms with Gasteiger partial charge in [-0.15, -0.1) is 0 Å². The number of pyridine rings is 1. The van der Waals surface area contributed by atoms with Crippen LogP contribution in [-0.4, -0.2) is 48.8 Å². The van der Waals surface area contributed by atoms with Crippen LogP contribution in [-0.2, 0) is 6.54 Å². The molecule has 1 N–H and O–H groups in total. The summed E-state index contributed by atoms with van der Waals surface area (Å²) >= 11 is 1.75. The molecule has 2 aliphatic rings. The van der Waals surface area contributed by atoms with Crippen molar-refractivity contribution in [3.05, 3.63) is 64.5 Å². The molecule has 0 atom stereocenters. The minimum Gasteiger partial charge on any atom is -0.454 e. The third-order valence-corrected chi connectivity index (χ3v) is 6.27. The van der Waals surface area contributed by atoms with E-state index in [1.165, 1.54) is 5.56 Å². The van der Waals surface area contributed by atoms with Gasteiger partial charge in [-0.1, -0.05) is 0 Å². The lowest BCUT2D eigenvalue weighted by atomic mass is 10.2. The Bertz CT molecular complexity index is 1040. The number of nitrogens with zero attached hydrogens (tertiary/aromatic N) is 3. The molecule has 160 valence electrons. The van der Waals surface area contributed by atoms with E-state index in [4.69, 9.17) is 9.47 Å². The zero-order valence-electron chi connectivity index (χ0n) is 17.1. The molecular formula is C23H24N4O3S. The van der Waals surface area contributed by atoms with Crippen molar-refractivity contribution in [2.45, 2.75) is 13.0 Å². The van der Waals surface area contributed by atoms with Gasteiger partial charge in [0, 0.05) is 38.3 Å². The molecule has 1 saturated heterocycles. The predicted molar refractivity (Wildman–Crippen MR) is 121 cm³/mol. The molecular weight excluding hydrogens is 412 g/mol. The van der Waals surface area contributed by atoms with Gasteiger partial charge in [-0.3, -0.25) is 9.69 Å². The number of hydrogen-bond acceptors (Lipinski definition) is 7. The van der Waals surface area contributed by atoms with Crippen molar-refractivity contribution in [1.29, 1.82) is 0 Å². The average molecular weight is 437 g/mol. The fourth-order valence-corrected chi connectivity index (χ4v) is 4.55. The molecule has 1 fully saturated rings. The van der Waals surface area contributed by atoms with Gasteiger partial charge in [-0.05, 0) is 59.1 Å². The number of nitrogens with one attached hydrogen (secondary N) is 1. The molecule has 4 heterocycles. The van der Waals surface area contributed by atoms with Crippen LogP contribution >= 0.6 is 11.3 Å². The van der Waals surface area contributed by atoms with Crippen molar-refractivity contribution in [2.75, 3.05) is 43.2 Å². The van der Waals surface area contributed by atoms with Gasteiger partial charge in [-0.25, -0.2) is 4.98 Å². The number of aromatic nitrogens is 1. The van der Waals surface area contributed by atoms with Crippen molar-refractivity contribution >= 4 is 28.7 Å². The van der Waals surface area contributed by atoms with Gasteiger partial charge in [0.15, 0.2) is 11.5 Å². The standard InChI is InChI=1S/C23H24N4O3S/c28-23(18-2-4-20-21(12-18)30-16-29-20)25-19-3-5-22(24-13-19)27-8-1-7-26(9-10-27)14-17-6-11-31-15-17/h2-6,11-13,15H,1,7-10,14,16H2,(H,25,28). The van der Waals surface area contributed by atoms with Gasteiger partial charge in [-0.2, -0.15) is 11.3 Å². The summed E-state index contributed by atoms with van der Waals surface area (Å²) in [6, 6.07) is 11.2. The van der Waals surface area contributed by atoms with Crippen LogP contribution in [0.15, 0.2) is 53.4 Å². The first-order valence-electron chi connectivity index (χ1n) is 10.4. The molecule has 2 aliphatic heterocycles. The third-order valence-electron chi connectivity index (χ3n) is 5.54. The van der Waals surface area contributed by atoms with Gasteiger partial charge in [0.1, 0.15) is 5.82 Å². The minimum atomic E-state index is -0.202. The Labute approximate surface area is 185 Å². The maximum Gasteiger partial charge on any atom is 0.255 e. The van der Waals surface area contributed by atoms with Gasteiger partial charge < -0.3 is 19.7 Å². The van der Waals surface area contributed by atoms with Crippen molar-refractivity contribution in [2.24, 2.45) is 0 Å². The lowest BCUT2D eigenvalue weighted by Crippen LogP contribution is -2.30. The molecule has 5 rings (SSSR count). The van der Waals surface area contributed by atoms with Crippen molar-refractivity contribution in [3.63, 3.8) is 0 Å². The van der Waals surface area contributed by atoms with Crippen molar-refractivity contribution in [1.82, 2.24) is 9.88 Å². The molecule has 0 bridgehead atoms. The Hall–Kier alpha value is -3.10. The molecule has 0 radical (unpaired) electrons. The lowest BCUT2D eigenvalue weighted by Gasteiger charge is -2.22. The highest BCUT2D eigenvalue weighted by atomic mass is 32.1. The molecule has 0 aliphatic carbocycles. The molecule has 8 heteroatoms. The zero-order valence-corrected chi connectivity index (χ0v) is 17.9. The summed E-state index contributed by atoms with van der Waals surface area (Å²) in [5.74, 6) is 1.99. The number of anilines is 2. The Kier molecular flexibility index (Phi) is 5.73. The lowest BCUT2D eigenvalue weighted by molar-refractivity contribution is 0.102. The molecule has 2 aromatic heterocycles. The summed E-state index contributed by atoms with van der Waals surface area (Å²) in [6.07, 6.45) is 2.82. The first-order valence-corrected chi connectivity index (χ1v) is 11.3. The number of amides is 1. The third kappa shape index (κ3) is 4.65. The maximum atomic E-state index is 12.6. The number of thiophene rings is 1. The van der Waals surface area contributed by atoms with E-state index in [2.05, 4.69) is 36.9 Å². The number of carbonyl (C=O) groups is 1. The Morgan fingerprint density at radius 2 is 2.00 bits per heavy atom. The van der Waals surface area contributed by atoms with E-state index in [1.807, 2.05) is 12.1 Å². The van der Waals surface area contributed by atoms with E-state index in [0.29, 0.717) is 22.7 Å². The van der Waals surface area contributed by atoms with E-state index < -0.39 is 0 Å². The molecule has 0 unspecified atom stereocenters. The Morgan fingerprint density at radius 3 is 2.84 bits per heavy atom. The van der Waals surface area contributed by atoms with Crippen molar-refractivity contribution < 1.29 is 14.3 Å². The fourth-order valence-electron chi connectivity index (χ4n) is 3.89. The molecule has 0 spiro atoms. The summed E-state index contributed by atoms with van der Waals surface area (Å²) in [5.41, 5.74) is 2.58. The highest BCUT2D eigenvalue weighted by Gasteiger charge is 2.18. The number of benzene rings is 1. The molecule has 1 amide bonds. The molecule has 0 saturated carbocycles. The summed E-state index contributed by atoms with van der Waals surface area (Å²) in [7, 11) is 0. The van der Waals surface area contributed by atoms with Crippen LogP contribution in [0.3, 0.4) is 0 Å². The summed E-state index contributed by atoms with van der Waals surface area (Å²) in [5, 5.41) is 7.26. The number of fused-ring (bicyclic) bond motifs is 1. The second-order valence-corrected chi connectivity index (χ2v) is 8.46. The van der Waals surface area contributed by atoms with Crippen LogP contribution in [0.1, 0.15) is 22.3 Å².